The molecule has 2 N–H and O–H groups in total. The Labute approximate surface area is 126 Å². The Balaban J connectivity index is 1.70. The van der Waals surface area contributed by atoms with Gasteiger partial charge in [-0.15, -0.1) is 0 Å². The number of nitrogens with zero attached hydrogens (tertiary/aromatic N) is 1. The first-order chi connectivity index (χ1) is 10.1. The van der Waals surface area contributed by atoms with Gasteiger partial charge in [-0.2, -0.15) is 0 Å². The molecule has 4 nitrogen and oxygen atoms in total. The molecule has 1 aliphatic heterocycles. The monoisotopic (exact) mass is 288 g/mol. The molecule has 4 heteroatoms. The molecule has 21 heavy (non-hydrogen) atoms. The van der Waals surface area contributed by atoms with Crippen molar-refractivity contribution in [1.82, 2.24) is 4.90 Å². The number of rotatable bonds is 2. The lowest BCUT2D eigenvalue weighted by atomic mass is 9.77. The van der Waals surface area contributed by atoms with Crippen molar-refractivity contribution in [1.29, 1.82) is 0 Å². The predicted octanol–water partition coefficient (Wildman–Crippen LogP) is 3.07. The van der Waals surface area contributed by atoms with Crippen LogP contribution in [0.1, 0.15) is 48.9 Å². The van der Waals surface area contributed by atoms with Gasteiger partial charge in [-0.3, -0.25) is 4.79 Å². The summed E-state index contributed by atoms with van der Waals surface area (Å²) in [5.74, 6) is 0.719. The Morgan fingerprint density at radius 3 is 2.43 bits per heavy atom. The van der Waals surface area contributed by atoms with Gasteiger partial charge in [0.2, 0.25) is 0 Å². The molecule has 1 amide bonds. The van der Waals surface area contributed by atoms with E-state index in [0.29, 0.717) is 22.4 Å². The predicted molar refractivity (Wildman–Crippen MR) is 83.4 cm³/mol. The van der Waals surface area contributed by atoms with Gasteiger partial charge in [0.15, 0.2) is 0 Å². The molecule has 114 valence electrons. The average Bonchev–Trinajstić information content (AvgIpc) is 2.95. The fourth-order valence-corrected chi connectivity index (χ4v) is 3.86. The van der Waals surface area contributed by atoms with Crippen LogP contribution in [0, 0.1) is 5.41 Å². The van der Waals surface area contributed by atoms with Gasteiger partial charge in [0.25, 0.3) is 5.91 Å². The van der Waals surface area contributed by atoms with Crippen LogP contribution in [0.3, 0.4) is 0 Å². The minimum atomic E-state index is 0.0773. The number of methoxy groups -OCH3 is 1. The molecule has 3 rings (SSSR count). The largest absolute Gasteiger partial charge is 0.497 e. The van der Waals surface area contributed by atoms with Crippen LogP contribution in [0.4, 0.5) is 5.69 Å². The maximum absolute atomic E-state index is 12.6. The number of nitrogens with two attached hydrogens (primary N) is 1. The Hall–Kier alpha value is -1.71. The molecule has 1 spiro atoms. The highest BCUT2D eigenvalue weighted by Crippen LogP contribution is 2.46. The summed E-state index contributed by atoms with van der Waals surface area (Å²) in [5, 5.41) is 0. The van der Waals surface area contributed by atoms with E-state index in [0.717, 1.165) is 25.9 Å². The van der Waals surface area contributed by atoms with E-state index < -0.39 is 0 Å². The van der Waals surface area contributed by atoms with Crippen LogP contribution in [0.15, 0.2) is 18.2 Å². The topological polar surface area (TPSA) is 55.6 Å². The van der Waals surface area contributed by atoms with E-state index in [1.807, 2.05) is 4.90 Å². The number of carbonyl (C=O) groups is 1. The molecular weight excluding hydrogens is 264 g/mol. The van der Waals surface area contributed by atoms with Crippen molar-refractivity contribution >= 4 is 11.6 Å². The molecule has 0 unspecified atom stereocenters. The fourth-order valence-electron chi connectivity index (χ4n) is 3.86. The molecule has 1 heterocycles. The van der Waals surface area contributed by atoms with Crippen LogP contribution in [0.2, 0.25) is 0 Å². The second kappa shape index (κ2) is 5.58. The number of piperidine rings is 1. The number of likely N-dealkylation sites (tertiary alicyclic amines) is 1. The van der Waals surface area contributed by atoms with Crippen molar-refractivity contribution in [2.75, 3.05) is 25.9 Å². The Morgan fingerprint density at radius 2 is 1.81 bits per heavy atom. The lowest BCUT2D eigenvalue weighted by Gasteiger charge is -2.39. The van der Waals surface area contributed by atoms with Gasteiger partial charge in [-0.05, 0) is 43.2 Å². The zero-order valence-electron chi connectivity index (χ0n) is 12.7. The smallest absolute Gasteiger partial charge is 0.254 e. The zero-order valence-corrected chi connectivity index (χ0v) is 12.7. The standard InChI is InChI=1S/C17H24N2O2/c1-21-15-11-13(10-14(18)12-15)16(20)19-8-6-17(7-9-19)4-2-3-5-17/h10-12H,2-9,18H2,1H3. The number of hydrogen-bond donors (Lipinski definition) is 1. The highest BCUT2D eigenvalue weighted by atomic mass is 16.5. The van der Waals surface area contributed by atoms with E-state index in [9.17, 15) is 4.79 Å². The molecule has 0 aromatic heterocycles. The maximum Gasteiger partial charge on any atom is 0.254 e. The van der Waals surface area contributed by atoms with Crippen molar-refractivity contribution < 1.29 is 9.53 Å². The van der Waals surface area contributed by atoms with E-state index in [4.69, 9.17) is 10.5 Å². The first-order valence-electron chi connectivity index (χ1n) is 7.86. The summed E-state index contributed by atoms with van der Waals surface area (Å²) in [6, 6.07) is 5.25. The first kappa shape index (κ1) is 14.2. The quantitative estimate of drug-likeness (QED) is 0.851. The SMILES string of the molecule is COc1cc(N)cc(C(=O)N2CCC3(CCCC3)CC2)c1. The first-order valence-corrected chi connectivity index (χ1v) is 7.86. The van der Waals surface area contributed by atoms with Gasteiger partial charge in [-0.25, -0.2) is 0 Å². The van der Waals surface area contributed by atoms with Gasteiger partial charge in [-0.1, -0.05) is 12.8 Å². The zero-order chi connectivity index (χ0) is 14.9. The normalized spacial score (nSPS) is 20.7. The van der Waals surface area contributed by atoms with Gasteiger partial charge in [0.05, 0.1) is 7.11 Å². The van der Waals surface area contributed by atoms with E-state index >= 15 is 0 Å². The highest BCUT2D eigenvalue weighted by molar-refractivity contribution is 5.95. The summed E-state index contributed by atoms with van der Waals surface area (Å²) in [5.41, 5.74) is 7.58. The fraction of sp³-hybridized carbons (Fsp3) is 0.588. The molecule has 0 bridgehead atoms. The van der Waals surface area contributed by atoms with Crippen molar-refractivity contribution in [3.8, 4) is 5.75 Å². The Morgan fingerprint density at radius 1 is 1.14 bits per heavy atom. The highest BCUT2D eigenvalue weighted by Gasteiger charge is 2.38. The van der Waals surface area contributed by atoms with Crippen LogP contribution in [0.25, 0.3) is 0 Å². The van der Waals surface area contributed by atoms with E-state index in [-0.39, 0.29) is 5.91 Å². The summed E-state index contributed by atoms with van der Waals surface area (Å²) in [6.07, 6.45) is 7.72. The molecule has 0 atom stereocenters. The second-order valence-electron chi connectivity index (χ2n) is 6.49. The van der Waals surface area contributed by atoms with E-state index in [1.54, 1.807) is 25.3 Å². The molecule has 2 aliphatic rings. The average molecular weight is 288 g/mol. The van der Waals surface area contributed by atoms with E-state index in [1.165, 1.54) is 25.7 Å². The molecule has 1 aromatic rings. The number of benzene rings is 1. The minimum absolute atomic E-state index is 0.0773. The number of hydrogen-bond acceptors (Lipinski definition) is 3. The number of anilines is 1. The number of carbonyl (C=O) groups excluding carboxylic acids is 1. The number of ether oxygens (including phenoxy) is 1. The molecule has 1 saturated heterocycles. The second-order valence-corrected chi connectivity index (χ2v) is 6.49. The van der Waals surface area contributed by atoms with Crippen LogP contribution in [0.5, 0.6) is 5.75 Å². The Kier molecular flexibility index (Phi) is 3.79. The van der Waals surface area contributed by atoms with E-state index in [2.05, 4.69) is 0 Å². The molecule has 2 fully saturated rings. The lowest BCUT2D eigenvalue weighted by molar-refractivity contribution is 0.0587. The van der Waals surface area contributed by atoms with Crippen molar-refractivity contribution in [3.05, 3.63) is 23.8 Å². The maximum atomic E-state index is 12.6. The van der Waals surface area contributed by atoms with Crippen LogP contribution in [-0.4, -0.2) is 31.0 Å². The third-order valence-electron chi connectivity index (χ3n) is 5.19. The van der Waals surface area contributed by atoms with Gasteiger partial charge < -0.3 is 15.4 Å². The molecule has 1 aromatic carbocycles. The lowest BCUT2D eigenvalue weighted by Crippen LogP contribution is -2.42. The third-order valence-corrected chi connectivity index (χ3v) is 5.19. The van der Waals surface area contributed by atoms with Crippen molar-refractivity contribution in [2.45, 2.75) is 38.5 Å². The molecular formula is C17H24N2O2. The van der Waals surface area contributed by atoms with Crippen molar-refractivity contribution in [3.63, 3.8) is 0 Å². The van der Waals surface area contributed by atoms with Gasteiger partial charge >= 0.3 is 0 Å². The third kappa shape index (κ3) is 2.85. The molecule has 1 saturated carbocycles. The molecule has 1 aliphatic carbocycles. The summed E-state index contributed by atoms with van der Waals surface area (Å²) in [6.45, 7) is 1.74. The summed E-state index contributed by atoms with van der Waals surface area (Å²) in [4.78, 5) is 14.6. The summed E-state index contributed by atoms with van der Waals surface area (Å²) < 4.78 is 5.20. The van der Waals surface area contributed by atoms with Crippen molar-refractivity contribution in [2.24, 2.45) is 5.41 Å². The van der Waals surface area contributed by atoms with Crippen LogP contribution >= 0.6 is 0 Å². The minimum Gasteiger partial charge on any atom is -0.497 e. The Bertz CT molecular complexity index is 526. The summed E-state index contributed by atoms with van der Waals surface area (Å²) in [7, 11) is 1.59. The van der Waals surface area contributed by atoms with Gasteiger partial charge in [0, 0.05) is 30.4 Å². The van der Waals surface area contributed by atoms with Gasteiger partial charge in [0.1, 0.15) is 5.75 Å². The van der Waals surface area contributed by atoms with Crippen LogP contribution < -0.4 is 10.5 Å². The number of nitrogen functional groups attached to an aromatic ring is 1. The van der Waals surface area contributed by atoms with Crippen LogP contribution in [-0.2, 0) is 0 Å². The summed E-state index contributed by atoms with van der Waals surface area (Å²) >= 11 is 0. The number of amides is 1. The molecule has 0 radical (unpaired) electrons.